The molecule has 9 nitrogen and oxygen atoms in total. The zero-order valence-corrected chi connectivity index (χ0v) is 20.6. The van der Waals surface area contributed by atoms with Crippen LogP contribution in [0, 0.1) is 32.5 Å². The Morgan fingerprint density at radius 1 is 1.05 bits per heavy atom. The van der Waals surface area contributed by atoms with E-state index in [-0.39, 0.29) is 30.6 Å². The molecular weight excluding hydrogens is 475 g/mol. The first-order valence-electron chi connectivity index (χ1n) is 11.8. The zero-order valence-electron chi connectivity index (χ0n) is 20.6. The van der Waals surface area contributed by atoms with Gasteiger partial charge in [0.05, 0.1) is 11.6 Å². The molecule has 1 N–H and O–H groups in total. The van der Waals surface area contributed by atoms with Gasteiger partial charge >= 0.3 is 0 Å². The molecule has 0 bridgehead atoms. The molecule has 4 aromatic rings. The van der Waals surface area contributed by atoms with Crippen LogP contribution in [0.1, 0.15) is 23.4 Å². The molecule has 1 saturated heterocycles. The molecule has 0 aliphatic carbocycles. The Kier molecular flexibility index (Phi) is 6.39. The first-order chi connectivity index (χ1) is 17.8. The summed E-state index contributed by atoms with van der Waals surface area (Å²) in [4.78, 5) is 35.2. The molecule has 1 atom stereocenters. The lowest BCUT2D eigenvalue weighted by Crippen LogP contribution is -2.28. The minimum Gasteiger partial charge on any atom is -0.439 e. The number of rotatable bonds is 6. The highest BCUT2D eigenvalue weighted by Crippen LogP contribution is 2.27. The molecule has 1 aliphatic heterocycles. The van der Waals surface area contributed by atoms with Crippen LogP contribution in [0.25, 0.3) is 5.82 Å². The fourth-order valence-electron chi connectivity index (χ4n) is 4.17. The molecule has 3 heterocycles. The normalized spacial score (nSPS) is 15.2. The summed E-state index contributed by atoms with van der Waals surface area (Å²) in [6.07, 6.45) is 1.51. The number of aryl methyl sites for hydroxylation is 1. The van der Waals surface area contributed by atoms with Crippen molar-refractivity contribution in [3.8, 4) is 17.4 Å². The molecule has 10 heteroatoms. The van der Waals surface area contributed by atoms with Crippen LogP contribution in [-0.2, 0) is 9.59 Å². The highest BCUT2D eigenvalue weighted by atomic mass is 19.1. The Morgan fingerprint density at radius 2 is 1.78 bits per heavy atom. The third-order valence-corrected chi connectivity index (χ3v) is 6.48. The van der Waals surface area contributed by atoms with E-state index in [0.717, 1.165) is 17.0 Å². The van der Waals surface area contributed by atoms with Crippen LogP contribution in [0.15, 0.2) is 60.9 Å². The average molecular weight is 501 g/mol. The summed E-state index contributed by atoms with van der Waals surface area (Å²) < 4.78 is 20.8. The summed E-state index contributed by atoms with van der Waals surface area (Å²) in [5.74, 6) is 0.176. The van der Waals surface area contributed by atoms with Gasteiger partial charge in [-0.05, 0) is 74.9 Å². The van der Waals surface area contributed by atoms with Crippen molar-refractivity contribution in [2.24, 2.45) is 5.92 Å². The molecule has 1 unspecified atom stereocenters. The van der Waals surface area contributed by atoms with E-state index in [9.17, 15) is 14.0 Å². The second kappa shape index (κ2) is 9.81. The number of carbonyl (C=O) groups excluding carboxylic acids is 2. The standard InChI is InChI=1S/C27H25FN6O3/c1-16-17(2)32-34(18(16)3)24-13-25(30-15-29-24)37-23-10-6-21(7-11-23)31-27(36)19-12-26(35)33(14-19)22-8-4-20(28)5-9-22/h4-11,13,15,19H,12,14H2,1-3H3,(H,31,36). The number of ether oxygens (including phenoxy) is 1. The summed E-state index contributed by atoms with van der Waals surface area (Å²) in [6.45, 7) is 6.18. The monoisotopic (exact) mass is 500 g/mol. The Balaban J connectivity index is 1.22. The first kappa shape index (κ1) is 24.1. The molecule has 0 radical (unpaired) electrons. The number of halogens is 1. The Hall–Kier alpha value is -4.60. The molecule has 188 valence electrons. The maximum absolute atomic E-state index is 13.2. The predicted molar refractivity (Wildman–Crippen MR) is 135 cm³/mol. The molecule has 0 saturated carbocycles. The fraction of sp³-hybridized carbons (Fsp3) is 0.222. The van der Waals surface area contributed by atoms with E-state index >= 15 is 0 Å². The van der Waals surface area contributed by atoms with E-state index < -0.39 is 5.92 Å². The molecule has 1 fully saturated rings. The summed E-state index contributed by atoms with van der Waals surface area (Å²) in [5, 5.41) is 7.37. The summed E-state index contributed by atoms with van der Waals surface area (Å²) in [6, 6.07) is 14.2. The lowest BCUT2D eigenvalue weighted by atomic mass is 10.1. The highest BCUT2D eigenvalue weighted by Gasteiger charge is 2.35. The lowest BCUT2D eigenvalue weighted by Gasteiger charge is -2.16. The van der Waals surface area contributed by atoms with E-state index in [2.05, 4.69) is 20.4 Å². The van der Waals surface area contributed by atoms with Crippen LogP contribution in [-0.4, -0.2) is 38.1 Å². The predicted octanol–water partition coefficient (Wildman–Crippen LogP) is 4.51. The quantitative estimate of drug-likeness (QED) is 0.418. The van der Waals surface area contributed by atoms with Gasteiger partial charge in [0.2, 0.25) is 17.7 Å². The van der Waals surface area contributed by atoms with Crippen molar-refractivity contribution in [2.45, 2.75) is 27.2 Å². The number of anilines is 2. The molecule has 2 aromatic heterocycles. The topological polar surface area (TPSA) is 102 Å². The zero-order chi connectivity index (χ0) is 26.1. The highest BCUT2D eigenvalue weighted by molar-refractivity contribution is 6.03. The Morgan fingerprint density at radius 3 is 2.46 bits per heavy atom. The summed E-state index contributed by atoms with van der Waals surface area (Å²) in [5.41, 5.74) is 4.17. The van der Waals surface area contributed by atoms with Crippen molar-refractivity contribution in [1.82, 2.24) is 19.7 Å². The minimum atomic E-state index is -0.508. The van der Waals surface area contributed by atoms with Crippen molar-refractivity contribution in [1.29, 1.82) is 0 Å². The van der Waals surface area contributed by atoms with Crippen LogP contribution < -0.4 is 15.0 Å². The van der Waals surface area contributed by atoms with Gasteiger partial charge in [0.1, 0.15) is 17.9 Å². The van der Waals surface area contributed by atoms with Gasteiger partial charge in [-0.2, -0.15) is 5.10 Å². The second-order valence-corrected chi connectivity index (χ2v) is 8.92. The summed E-state index contributed by atoms with van der Waals surface area (Å²) >= 11 is 0. The van der Waals surface area contributed by atoms with E-state index in [1.54, 1.807) is 35.0 Å². The maximum Gasteiger partial charge on any atom is 0.229 e. The Labute approximate surface area is 212 Å². The molecule has 37 heavy (non-hydrogen) atoms. The van der Waals surface area contributed by atoms with Crippen molar-refractivity contribution < 1.29 is 18.7 Å². The largest absolute Gasteiger partial charge is 0.439 e. The van der Waals surface area contributed by atoms with Crippen LogP contribution in [0.2, 0.25) is 0 Å². The third kappa shape index (κ3) is 5.04. The molecule has 5 rings (SSSR count). The van der Waals surface area contributed by atoms with Crippen molar-refractivity contribution in [2.75, 3.05) is 16.8 Å². The SMILES string of the molecule is Cc1nn(-c2cc(Oc3ccc(NC(=O)C4CC(=O)N(c5ccc(F)cc5)C4)cc3)ncn2)c(C)c1C. The number of amides is 2. The number of carbonyl (C=O) groups is 2. The molecule has 0 spiro atoms. The minimum absolute atomic E-state index is 0.0925. The lowest BCUT2D eigenvalue weighted by molar-refractivity contribution is -0.122. The van der Waals surface area contributed by atoms with Crippen LogP contribution in [0.5, 0.6) is 11.6 Å². The van der Waals surface area contributed by atoms with Crippen LogP contribution in [0.4, 0.5) is 15.8 Å². The molecule has 1 aliphatic rings. The van der Waals surface area contributed by atoms with Gasteiger partial charge in [-0.25, -0.2) is 19.0 Å². The van der Waals surface area contributed by atoms with Gasteiger partial charge in [0.15, 0.2) is 5.82 Å². The maximum atomic E-state index is 13.2. The van der Waals surface area contributed by atoms with E-state index in [1.165, 1.54) is 35.5 Å². The second-order valence-electron chi connectivity index (χ2n) is 8.92. The Bertz CT molecular complexity index is 1470. The van der Waals surface area contributed by atoms with E-state index in [1.807, 2.05) is 20.8 Å². The third-order valence-electron chi connectivity index (χ3n) is 6.48. The van der Waals surface area contributed by atoms with Crippen molar-refractivity contribution in [3.63, 3.8) is 0 Å². The van der Waals surface area contributed by atoms with Crippen LogP contribution in [0.3, 0.4) is 0 Å². The van der Waals surface area contributed by atoms with Crippen LogP contribution >= 0.6 is 0 Å². The number of nitrogens with one attached hydrogen (secondary N) is 1. The number of aromatic nitrogens is 4. The molecule has 2 amide bonds. The average Bonchev–Trinajstić information content (AvgIpc) is 3.41. The van der Waals surface area contributed by atoms with E-state index in [0.29, 0.717) is 28.8 Å². The summed E-state index contributed by atoms with van der Waals surface area (Å²) in [7, 11) is 0. The molecular formula is C27H25FN6O3. The smallest absolute Gasteiger partial charge is 0.229 e. The van der Waals surface area contributed by atoms with Gasteiger partial charge in [0.25, 0.3) is 0 Å². The van der Waals surface area contributed by atoms with Crippen molar-refractivity contribution in [3.05, 3.63) is 83.7 Å². The van der Waals surface area contributed by atoms with E-state index in [4.69, 9.17) is 4.74 Å². The van der Waals surface area contributed by atoms with Gasteiger partial charge < -0.3 is 15.0 Å². The molecule has 2 aromatic carbocycles. The van der Waals surface area contributed by atoms with Gasteiger partial charge in [-0.15, -0.1) is 0 Å². The van der Waals surface area contributed by atoms with Gasteiger partial charge in [0, 0.05) is 36.1 Å². The number of benzene rings is 2. The van der Waals surface area contributed by atoms with Gasteiger partial charge in [-0.1, -0.05) is 0 Å². The van der Waals surface area contributed by atoms with Crippen molar-refractivity contribution >= 4 is 23.2 Å². The number of hydrogen-bond acceptors (Lipinski definition) is 6. The first-order valence-corrected chi connectivity index (χ1v) is 11.8. The number of hydrogen-bond donors (Lipinski definition) is 1. The number of nitrogens with zero attached hydrogens (tertiary/aromatic N) is 5. The van der Waals surface area contributed by atoms with Gasteiger partial charge in [-0.3, -0.25) is 9.59 Å². The fourth-order valence-corrected chi connectivity index (χ4v) is 4.17.